The van der Waals surface area contributed by atoms with Gasteiger partial charge in [-0.1, -0.05) is 17.7 Å². The van der Waals surface area contributed by atoms with Gasteiger partial charge < -0.3 is 17.0 Å². The summed E-state index contributed by atoms with van der Waals surface area (Å²) in [5.41, 5.74) is 2.06. The van der Waals surface area contributed by atoms with Crippen LogP contribution in [0.3, 0.4) is 0 Å². The molecule has 66 valence electrons. The van der Waals surface area contributed by atoms with E-state index in [1.54, 1.807) is 0 Å². The largest absolute Gasteiger partial charge is 0.719 e. The first-order chi connectivity index (χ1) is 6.25. The molecule has 0 aliphatic rings. The normalized spacial score (nSPS) is 10.2. The van der Waals surface area contributed by atoms with Crippen LogP contribution in [0.2, 0.25) is 0 Å². The van der Waals surface area contributed by atoms with Gasteiger partial charge in [0.05, 0.1) is 5.22 Å². The van der Waals surface area contributed by atoms with Crippen LogP contribution in [0.15, 0.2) is 33.9 Å². The lowest BCUT2D eigenvalue weighted by atomic mass is 10.1. The van der Waals surface area contributed by atoms with E-state index < -0.39 is 0 Å². The van der Waals surface area contributed by atoms with Crippen molar-refractivity contribution in [1.29, 1.82) is 0 Å². The van der Waals surface area contributed by atoms with Gasteiger partial charge in [0.15, 0.2) is 0 Å². The maximum atomic E-state index is 5.12. The van der Waals surface area contributed by atoms with E-state index in [-0.39, 0.29) is 5.22 Å². The molecule has 1 aromatic heterocycles. The average molecular weight is 191 g/mol. The Labute approximate surface area is 81.2 Å². The molecule has 0 amide bonds. The lowest BCUT2D eigenvalue weighted by molar-refractivity contribution is 0.467. The predicted molar refractivity (Wildman–Crippen MR) is 50.1 cm³/mol. The Balaban J connectivity index is 2.46. The number of aryl methyl sites for hydroxylation is 1. The molecular weight excluding hydrogens is 184 g/mol. The van der Waals surface area contributed by atoms with E-state index in [0.29, 0.717) is 5.89 Å². The zero-order valence-electron chi connectivity index (χ0n) is 7.02. The van der Waals surface area contributed by atoms with Crippen molar-refractivity contribution in [1.82, 2.24) is 10.2 Å². The highest BCUT2D eigenvalue weighted by atomic mass is 32.1. The van der Waals surface area contributed by atoms with E-state index in [4.69, 9.17) is 17.0 Å². The molecule has 2 aromatic rings. The maximum absolute atomic E-state index is 5.12. The van der Waals surface area contributed by atoms with Crippen LogP contribution in [0, 0.1) is 6.92 Å². The number of rotatable bonds is 1. The van der Waals surface area contributed by atoms with Crippen molar-refractivity contribution in [2.24, 2.45) is 0 Å². The molecule has 3 nitrogen and oxygen atoms in total. The highest BCUT2D eigenvalue weighted by Crippen LogP contribution is 2.18. The van der Waals surface area contributed by atoms with Gasteiger partial charge in [0.25, 0.3) is 0 Å². The number of benzene rings is 1. The zero-order valence-corrected chi connectivity index (χ0v) is 7.84. The average Bonchev–Trinajstić information content (AvgIpc) is 2.52. The van der Waals surface area contributed by atoms with E-state index in [2.05, 4.69) is 10.2 Å². The van der Waals surface area contributed by atoms with E-state index in [1.165, 1.54) is 0 Å². The van der Waals surface area contributed by atoms with Crippen molar-refractivity contribution in [2.75, 3.05) is 0 Å². The van der Waals surface area contributed by atoms with Gasteiger partial charge in [0, 0.05) is 5.56 Å². The van der Waals surface area contributed by atoms with Crippen LogP contribution in [0.4, 0.5) is 0 Å². The molecule has 13 heavy (non-hydrogen) atoms. The van der Waals surface area contributed by atoms with Crippen LogP contribution in [-0.2, 0) is 12.6 Å². The lowest BCUT2D eigenvalue weighted by Gasteiger charge is -1.96. The molecule has 0 spiro atoms. The first kappa shape index (κ1) is 8.19. The number of hydrogen-bond acceptors (Lipinski definition) is 4. The molecule has 0 atom stereocenters. The standard InChI is InChI=1S/C9H8N2OS/c1-6-3-2-4-7(5-6)8-10-11-9(13)12-8/h2-5H,1H3,(H,11,13)/p-1. The highest BCUT2D eigenvalue weighted by molar-refractivity contribution is 7.58. The smallest absolute Gasteiger partial charge is 0.245 e. The van der Waals surface area contributed by atoms with Crippen LogP contribution in [0.1, 0.15) is 5.56 Å². The molecule has 0 aliphatic carbocycles. The molecule has 1 aromatic carbocycles. The van der Waals surface area contributed by atoms with Gasteiger partial charge in [0.2, 0.25) is 5.89 Å². The third-order valence-corrected chi connectivity index (χ3v) is 1.84. The SMILES string of the molecule is Cc1cccc(-c2nnc([S-])o2)c1. The Kier molecular flexibility index (Phi) is 1.98. The fraction of sp³-hybridized carbons (Fsp3) is 0.111. The van der Waals surface area contributed by atoms with E-state index >= 15 is 0 Å². The van der Waals surface area contributed by atoms with Gasteiger partial charge in [0.1, 0.15) is 0 Å². The number of hydrogen-bond donors (Lipinski definition) is 0. The van der Waals surface area contributed by atoms with Crippen LogP contribution in [0.25, 0.3) is 11.5 Å². The maximum Gasteiger partial charge on any atom is 0.245 e. The minimum Gasteiger partial charge on any atom is -0.719 e. The molecule has 2 rings (SSSR count). The topological polar surface area (TPSA) is 38.9 Å². The molecule has 0 aliphatic heterocycles. The summed E-state index contributed by atoms with van der Waals surface area (Å²) in [6, 6.07) is 7.84. The Morgan fingerprint density at radius 2 is 2.15 bits per heavy atom. The third-order valence-electron chi connectivity index (χ3n) is 1.67. The summed E-state index contributed by atoms with van der Waals surface area (Å²) in [7, 11) is 0. The quantitative estimate of drug-likeness (QED) is 0.646. The highest BCUT2D eigenvalue weighted by Gasteiger charge is 2.02. The van der Waals surface area contributed by atoms with Gasteiger partial charge in [-0.05, 0) is 19.1 Å². The monoisotopic (exact) mass is 191 g/mol. The number of aromatic nitrogens is 2. The van der Waals surface area contributed by atoms with Gasteiger partial charge in [-0.25, -0.2) is 0 Å². The molecule has 0 radical (unpaired) electrons. The second-order valence-electron chi connectivity index (χ2n) is 2.74. The second-order valence-corrected chi connectivity index (χ2v) is 3.09. The fourth-order valence-corrected chi connectivity index (χ4v) is 1.22. The number of nitrogens with zero attached hydrogens (tertiary/aromatic N) is 2. The molecule has 4 heteroatoms. The van der Waals surface area contributed by atoms with Crippen LogP contribution < -0.4 is 0 Å². The van der Waals surface area contributed by atoms with Crippen LogP contribution in [-0.4, -0.2) is 10.2 Å². The molecule has 0 bridgehead atoms. The van der Waals surface area contributed by atoms with Gasteiger partial charge in [-0.15, -0.1) is 10.2 Å². The Morgan fingerprint density at radius 1 is 1.31 bits per heavy atom. The summed E-state index contributed by atoms with van der Waals surface area (Å²) < 4.78 is 5.12. The van der Waals surface area contributed by atoms with Crippen molar-refractivity contribution >= 4 is 12.6 Å². The Morgan fingerprint density at radius 3 is 2.77 bits per heavy atom. The van der Waals surface area contributed by atoms with Gasteiger partial charge >= 0.3 is 0 Å². The third kappa shape index (κ3) is 1.67. The summed E-state index contributed by atoms with van der Waals surface area (Å²) in [5, 5.41) is 7.60. The summed E-state index contributed by atoms with van der Waals surface area (Å²) >= 11 is 4.73. The molecule has 0 unspecified atom stereocenters. The zero-order chi connectivity index (χ0) is 9.26. The minimum atomic E-state index is 0.177. The van der Waals surface area contributed by atoms with Gasteiger partial charge in [-0.2, -0.15) is 0 Å². The van der Waals surface area contributed by atoms with E-state index in [1.807, 2.05) is 31.2 Å². The van der Waals surface area contributed by atoms with Crippen molar-refractivity contribution in [3.8, 4) is 11.5 Å². The fourth-order valence-electron chi connectivity index (χ4n) is 1.10. The summed E-state index contributed by atoms with van der Waals surface area (Å²) in [5.74, 6) is 0.480. The van der Waals surface area contributed by atoms with Crippen LogP contribution in [0.5, 0.6) is 0 Å². The Bertz CT molecular complexity index is 425. The molecule has 0 fully saturated rings. The summed E-state index contributed by atoms with van der Waals surface area (Å²) in [4.78, 5) is 0. The molecular formula is C9H7N2OS-. The first-order valence-corrected chi connectivity index (χ1v) is 4.24. The molecule has 1 heterocycles. The van der Waals surface area contributed by atoms with Crippen molar-refractivity contribution in [2.45, 2.75) is 12.1 Å². The van der Waals surface area contributed by atoms with Gasteiger partial charge in [-0.3, -0.25) is 0 Å². The van der Waals surface area contributed by atoms with E-state index in [0.717, 1.165) is 11.1 Å². The minimum absolute atomic E-state index is 0.177. The first-order valence-electron chi connectivity index (χ1n) is 3.83. The Hall–Kier alpha value is -1.42. The predicted octanol–water partition coefficient (Wildman–Crippen LogP) is 1.95. The van der Waals surface area contributed by atoms with E-state index in [9.17, 15) is 0 Å². The summed E-state index contributed by atoms with van der Waals surface area (Å²) in [6.07, 6.45) is 0. The van der Waals surface area contributed by atoms with Crippen LogP contribution >= 0.6 is 0 Å². The molecule has 0 saturated carbocycles. The van der Waals surface area contributed by atoms with Crippen molar-refractivity contribution in [3.05, 3.63) is 29.8 Å². The lowest BCUT2D eigenvalue weighted by Crippen LogP contribution is -1.78. The van der Waals surface area contributed by atoms with Crippen molar-refractivity contribution in [3.63, 3.8) is 0 Å². The van der Waals surface area contributed by atoms with Crippen molar-refractivity contribution < 1.29 is 4.42 Å². The molecule has 0 saturated heterocycles. The second kappa shape index (κ2) is 3.14. The summed E-state index contributed by atoms with van der Waals surface area (Å²) in [6.45, 7) is 2.01. The molecule has 0 N–H and O–H groups in total.